The Morgan fingerprint density at radius 1 is 1.22 bits per heavy atom. The molecule has 18 heavy (non-hydrogen) atoms. The fourth-order valence-corrected chi connectivity index (χ4v) is 2.10. The van der Waals surface area contributed by atoms with E-state index in [1.807, 2.05) is 20.8 Å². The van der Waals surface area contributed by atoms with Gasteiger partial charge in [0.25, 0.3) is 0 Å². The predicted octanol–water partition coefficient (Wildman–Crippen LogP) is 2.12. The van der Waals surface area contributed by atoms with Crippen molar-refractivity contribution in [1.29, 1.82) is 0 Å². The number of carbonyl (C=O) groups is 2. The lowest BCUT2D eigenvalue weighted by Gasteiger charge is -2.30. The topological polar surface area (TPSA) is 78.4 Å². The van der Waals surface area contributed by atoms with Crippen molar-refractivity contribution in [2.24, 2.45) is 5.92 Å². The van der Waals surface area contributed by atoms with Crippen LogP contribution >= 0.6 is 0 Å². The minimum atomic E-state index is -0.718. The molecule has 0 aromatic heterocycles. The number of carboxylic acids is 1. The van der Waals surface area contributed by atoms with Crippen LogP contribution in [0.3, 0.4) is 0 Å². The molecule has 5 nitrogen and oxygen atoms in total. The van der Waals surface area contributed by atoms with Crippen LogP contribution in [0.4, 0.5) is 4.79 Å². The van der Waals surface area contributed by atoms with Crippen LogP contribution in [0.5, 0.6) is 0 Å². The standard InChI is InChI=1S/C13H24N2O3/c1-4-13(2,3)15-12(18)14-10-7-5-9(6-8-10)11(16)17/h9-10H,4-8H2,1-3H3,(H,16,17)(H2,14,15,18). The molecule has 1 aliphatic carbocycles. The van der Waals surface area contributed by atoms with E-state index in [1.54, 1.807) is 0 Å². The summed E-state index contributed by atoms with van der Waals surface area (Å²) in [6, 6.07) is -0.0473. The normalized spacial score (nSPS) is 24.4. The quantitative estimate of drug-likeness (QED) is 0.721. The smallest absolute Gasteiger partial charge is 0.315 e. The molecule has 0 heterocycles. The molecule has 1 rings (SSSR count). The van der Waals surface area contributed by atoms with Gasteiger partial charge in [0.05, 0.1) is 5.92 Å². The first kappa shape index (κ1) is 14.8. The first-order chi connectivity index (χ1) is 8.34. The fourth-order valence-electron chi connectivity index (χ4n) is 2.10. The fraction of sp³-hybridized carbons (Fsp3) is 0.846. The van der Waals surface area contributed by atoms with Gasteiger partial charge >= 0.3 is 12.0 Å². The number of carbonyl (C=O) groups excluding carboxylic acids is 1. The zero-order chi connectivity index (χ0) is 13.8. The Hall–Kier alpha value is -1.26. The van der Waals surface area contributed by atoms with E-state index in [1.165, 1.54) is 0 Å². The highest BCUT2D eigenvalue weighted by Crippen LogP contribution is 2.24. The number of urea groups is 1. The Labute approximate surface area is 108 Å². The Balaban J connectivity index is 2.33. The Morgan fingerprint density at radius 2 is 1.78 bits per heavy atom. The van der Waals surface area contributed by atoms with Gasteiger partial charge in [-0.1, -0.05) is 6.92 Å². The first-order valence-corrected chi connectivity index (χ1v) is 6.65. The van der Waals surface area contributed by atoms with Crippen LogP contribution in [0.25, 0.3) is 0 Å². The van der Waals surface area contributed by atoms with Gasteiger partial charge in [0, 0.05) is 11.6 Å². The molecule has 104 valence electrons. The van der Waals surface area contributed by atoms with E-state index >= 15 is 0 Å². The summed E-state index contributed by atoms with van der Waals surface area (Å²) in [5.41, 5.74) is -0.206. The van der Waals surface area contributed by atoms with E-state index in [4.69, 9.17) is 5.11 Å². The summed E-state index contributed by atoms with van der Waals surface area (Å²) < 4.78 is 0. The summed E-state index contributed by atoms with van der Waals surface area (Å²) in [4.78, 5) is 22.6. The molecule has 0 bridgehead atoms. The summed E-state index contributed by atoms with van der Waals surface area (Å²) in [6.45, 7) is 5.99. The molecule has 0 spiro atoms. The van der Waals surface area contributed by atoms with Crippen LogP contribution in [0.2, 0.25) is 0 Å². The van der Waals surface area contributed by atoms with Crippen molar-refractivity contribution in [3.8, 4) is 0 Å². The molecule has 0 unspecified atom stereocenters. The van der Waals surface area contributed by atoms with E-state index in [0.29, 0.717) is 12.8 Å². The highest BCUT2D eigenvalue weighted by Gasteiger charge is 2.27. The Kier molecular flexibility index (Phi) is 4.99. The van der Waals surface area contributed by atoms with Crippen molar-refractivity contribution < 1.29 is 14.7 Å². The monoisotopic (exact) mass is 256 g/mol. The molecule has 0 aliphatic heterocycles. The van der Waals surface area contributed by atoms with Crippen LogP contribution in [-0.2, 0) is 4.79 Å². The summed E-state index contributed by atoms with van der Waals surface area (Å²) in [7, 11) is 0. The van der Waals surface area contributed by atoms with E-state index in [-0.39, 0.29) is 23.5 Å². The van der Waals surface area contributed by atoms with E-state index < -0.39 is 5.97 Å². The molecular formula is C13H24N2O3. The number of hydrogen-bond acceptors (Lipinski definition) is 2. The number of rotatable bonds is 4. The zero-order valence-electron chi connectivity index (χ0n) is 11.5. The number of carboxylic acid groups (broad SMARTS) is 1. The van der Waals surface area contributed by atoms with E-state index in [2.05, 4.69) is 10.6 Å². The highest BCUT2D eigenvalue weighted by atomic mass is 16.4. The second-order valence-electron chi connectivity index (χ2n) is 5.72. The van der Waals surface area contributed by atoms with Crippen molar-refractivity contribution in [2.45, 2.75) is 64.5 Å². The SMILES string of the molecule is CCC(C)(C)NC(=O)NC1CCC(C(=O)O)CC1. The number of nitrogens with one attached hydrogen (secondary N) is 2. The Bertz CT molecular complexity index is 307. The minimum Gasteiger partial charge on any atom is -0.481 e. The molecule has 0 aromatic rings. The molecule has 1 aliphatic rings. The van der Waals surface area contributed by atoms with Gasteiger partial charge in [0.1, 0.15) is 0 Å². The molecule has 2 amide bonds. The van der Waals surface area contributed by atoms with E-state index in [0.717, 1.165) is 19.3 Å². The summed E-state index contributed by atoms with van der Waals surface area (Å²) in [6.07, 6.45) is 3.66. The number of amides is 2. The second-order valence-corrected chi connectivity index (χ2v) is 5.72. The van der Waals surface area contributed by atoms with Gasteiger partial charge in [-0.05, 0) is 46.0 Å². The van der Waals surface area contributed by atoms with Crippen LogP contribution < -0.4 is 10.6 Å². The van der Waals surface area contributed by atoms with Gasteiger partial charge in [-0.15, -0.1) is 0 Å². The lowest BCUT2D eigenvalue weighted by atomic mass is 9.86. The largest absolute Gasteiger partial charge is 0.481 e. The lowest BCUT2D eigenvalue weighted by molar-refractivity contribution is -0.142. The summed E-state index contributed by atoms with van der Waals surface area (Å²) in [5.74, 6) is -0.955. The Morgan fingerprint density at radius 3 is 2.22 bits per heavy atom. The lowest BCUT2D eigenvalue weighted by Crippen LogP contribution is -2.51. The van der Waals surface area contributed by atoms with Crippen molar-refractivity contribution in [1.82, 2.24) is 10.6 Å². The third-order valence-corrected chi connectivity index (χ3v) is 3.75. The van der Waals surface area contributed by atoms with Gasteiger partial charge in [-0.3, -0.25) is 4.79 Å². The van der Waals surface area contributed by atoms with Gasteiger partial charge in [0.15, 0.2) is 0 Å². The maximum absolute atomic E-state index is 11.8. The van der Waals surface area contributed by atoms with Crippen LogP contribution in [-0.4, -0.2) is 28.7 Å². The maximum Gasteiger partial charge on any atom is 0.315 e. The average molecular weight is 256 g/mol. The molecule has 1 fully saturated rings. The van der Waals surface area contributed by atoms with Gasteiger partial charge in [-0.2, -0.15) is 0 Å². The van der Waals surface area contributed by atoms with Crippen LogP contribution in [0.1, 0.15) is 52.9 Å². The number of hydrogen-bond donors (Lipinski definition) is 3. The van der Waals surface area contributed by atoms with Gasteiger partial charge < -0.3 is 15.7 Å². The van der Waals surface area contributed by atoms with Gasteiger partial charge in [-0.25, -0.2) is 4.79 Å². The van der Waals surface area contributed by atoms with Crippen molar-refractivity contribution in [3.05, 3.63) is 0 Å². The molecule has 0 aromatic carbocycles. The van der Waals surface area contributed by atoms with Crippen LogP contribution in [0.15, 0.2) is 0 Å². The third-order valence-electron chi connectivity index (χ3n) is 3.75. The minimum absolute atomic E-state index is 0.105. The van der Waals surface area contributed by atoms with Crippen LogP contribution in [0, 0.1) is 5.92 Å². The third kappa shape index (κ3) is 4.55. The maximum atomic E-state index is 11.8. The summed E-state index contributed by atoms with van der Waals surface area (Å²) in [5, 5.41) is 14.7. The first-order valence-electron chi connectivity index (χ1n) is 6.65. The zero-order valence-corrected chi connectivity index (χ0v) is 11.5. The van der Waals surface area contributed by atoms with E-state index in [9.17, 15) is 9.59 Å². The molecule has 5 heteroatoms. The number of aliphatic carboxylic acids is 1. The molecule has 0 radical (unpaired) electrons. The average Bonchev–Trinajstić information content (AvgIpc) is 2.29. The predicted molar refractivity (Wildman–Crippen MR) is 69.4 cm³/mol. The van der Waals surface area contributed by atoms with Gasteiger partial charge in [0.2, 0.25) is 0 Å². The summed E-state index contributed by atoms with van der Waals surface area (Å²) >= 11 is 0. The molecule has 1 saturated carbocycles. The second kappa shape index (κ2) is 6.07. The molecule has 3 N–H and O–H groups in total. The molecule has 0 saturated heterocycles. The van der Waals surface area contributed by atoms with Crippen molar-refractivity contribution >= 4 is 12.0 Å². The van der Waals surface area contributed by atoms with Crippen molar-refractivity contribution in [2.75, 3.05) is 0 Å². The molecular weight excluding hydrogens is 232 g/mol. The van der Waals surface area contributed by atoms with Crippen molar-refractivity contribution in [3.63, 3.8) is 0 Å². The molecule has 0 atom stereocenters. The highest BCUT2D eigenvalue weighted by molar-refractivity contribution is 5.75.